The molecule has 0 amide bonds. The van der Waals surface area contributed by atoms with Crippen LogP contribution in [0, 0.1) is 6.92 Å². The Morgan fingerprint density at radius 1 is 1.10 bits per heavy atom. The molecule has 0 fully saturated rings. The Morgan fingerprint density at radius 2 is 1.86 bits per heavy atom. The molecule has 0 bridgehead atoms. The highest BCUT2D eigenvalue weighted by Gasteiger charge is 2.06. The van der Waals surface area contributed by atoms with Crippen molar-refractivity contribution in [2.75, 3.05) is 13.7 Å². The average molecular weight is 350 g/mol. The fourth-order valence-electron chi connectivity index (χ4n) is 2.16. The third kappa shape index (κ3) is 4.22. The van der Waals surface area contributed by atoms with Crippen LogP contribution in [0.1, 0.15) is 16.7 Å². The Morgan fingerprint density at radius 3 is 2.52 bits per heavy atom. The molecule has 0 heterocycles. The minimum absolute atomic E-state index is 0.517. The van der Waals surface area contributed by atoms with Crippen molar-refractivity contribution in [3.8, 4) is 11.5 Å². The van der Waals surface area contributed by atoms with Crippen molar-refractivity contribution in [3.05, 3.63) is 57.6 Å². The first-order chi connectivity index (χ1) is 10.1. The largest absolute Gasteiger partial charge is 0.496 e. The van der Waals surface area contributed by atoms with Gasteiger partial charge >= 0.3 is 0 Å². The minimum atomic E-state index is 0.517. The zero-order valence-electron chi connectivity index (χ0n) is 12.4. The molecule has 2 aromatic rings. The first kappa shape index (κ1) is 15.9. The molecule has 2 aromatic carbocycles. The van der Waals surface area contributed by atoms with Crippen LogP contribution < -0.4 is 15.2 Å². The molecular weight excluding hydrogens is 330 g/mol. The number of aryl methyl sites for hydroxylation is 1. The number of nitrogens with two attached hydrogens (primary N) is 1. The van der Waals surface area contributed by atoms with Crippen LogP contribution in [0.5, 0.6) is 11.5 Å². The van der Waals surface area contributed by atoms with Crippen LogP contribution in [0.15, 0.2) is 40.9 Å². The fraction of sp³-hybridized carbons (Fsp3) is 0.294. The van der Waals surface area contributed by atoms with Crippen LogP contribution >= 0.6 is 15.9 Å². The lowest BCUT2D eigenvalue weighted by molar-refractivity contribution is 0.302. The van der Waals surface area contributed by atoms with Gasteiger partial charge in [0.25, 0.3) is 0 Å². The molecule has 2 rings (SSSR count). The highest BCUT2D eigenvalue weighted by molar-refractivity contribution is 9.10. The molecule has 0 spiro atoms. The van der Waals surface area contributed by atoms with E-state index in [9.17, 15) is 0 Å². The Labute approximate surface area is 134 Å². The van der Waals surface area contributed by atoms with Crippen molar-refractivity contribution < 1.29 is 9.47 Å². The number of ether oxygens (including phenoxy) is 2. The van der Waals surface area contributed by atoms with Gasteiger partial charge in [-0.15, -0.1) is 0 Å². The number of hydrogen-bond acceptors (Lipinski definition) is 3. The van der Waals surface area contributed by atoms with Crippen LogP contribution in [0.25, 0.3) is 0 Å². The molecule has 0 radical (unpaired) electrons. The van der Waals surface area contributed by atoms with Gasteiger partial charge in [0, 0.05) is 0 Å². The summed E-state index contributed by atoms with van der Waals surface area (Å²) in [6, 6.07) is 12.1. The molecular formula is C17H20BrNO2. The lowest BCUT2D eigenvalue weighted by Crippen LogP contribution is -2.06. The molecule has 0 saturated carbocycles. The highest BCUT2D eigenvalue weighted by atomic mass is 79.9. The predicted octanol–water partition coefficient (Wildman–Crippen LogP) is 3.85. The van der Waals surface area contributed by atoms with E-state index in [4.69, 9.17) is 15.2 Å². The van der Waals surface area contributed by atoms with E-state index in [1.165, 1.54) is 5.56 Å². The van der Waals surface area contributed by atoms with Gasteiger partial charge in [-0.1, -0.05) is 23.8 Å². The Bertz CT molecular complexity index is 614. The molecule has 0 aliphatic rings. The summed E-state index contributed by atoms with van der Waals surface area (Å²) in [5.74, 6) is 1.72. The topological polar surface area (TPSA) is 44.5 Å². The third-order valence-electron chi connectivity index (χ3n) is 3.24. The lowest BCUT2D eigenvalue weighted by Gasteiger charge is -2.13. The van der Waals surface area contributed by atoms with E-state index in [2.05, 4.69) is 35.0 Å². The summed E-state index contributed by atoms with van der Waals surface area (Å²) in [5, 5.41) is 0. The third-order valence-corrected chi connectivity index (χ3v) is 3.86. The first-order valence-electron chi connectivity index (χ1n) is 6.89. The summed E-state index contributed by atoms with van der Waals surface area (Å²) in [7, 11) is 1.65. The SMILES string of the molecule is COc1ccc(COc2ccc(C)cc2CCN)cc1Br. The summed E-state index contributed by atoms with van der Waals surface area (Å²) >= 11 is 3.49. The average Bonchev–Trinajstić information content (AvgIpc) is 2.47. The smallest absolute Gasteiger partial charge is 0.133 e. The molecule has 0 aromatic heterocycles. The maximum Gasteiger partial charge on any atom is 0.133 e. The van der Waals surface area contributed by atoms with Gasteiger partial charge in [0.1, 0.15) is 18.1 Å². The summed E-state index contributed by atoms with van der Waals surface area (Å²) in [4.78, 5) is 0. The van der Waals surface area contributed by atoms with Crippen LogP contribution in [0.4, 0.5) is 0 Å². The van der Waals surface area contributed by atoms with Crippen molar-refractivity contribution in [1.29, 1.82) is 0 Å². The molecule has 0 aliphatic heterocycles. The van der Waals surface area contributed by atoms with E-state index in [1.54, 1.807) is 7.11 Å². The molecule has 0 atom stereocenters. The van der Waals surface area contributed by atoms with Crippen molar-refractivity contribution in [3.63, 3.8) is 0 Å². The molecule has 4 heteroatoms. The predicted molar refractivity (Wildman–Crippen MR) is 89.0 cm³/mol. The van der Waals surface area contributed by atoms with E-state index in [1.807, 2.05) is 24.3 Å². The van der Waals surface area contributed by atoms with E-state index >= 15 is 0 Å². The van der Waals surface area contributed by atoms with Crippen LogP contribution in [-0.4, -0.2) is 13.7 Å². The molecule has 112 valence electrons. The normalized spacial score (nSPS) is 10.5. The molecule has 0 unspecified atom stereocenters. The quantitative estimate of drug-likeness (QED) is 0.861. The molecule has 0 saturated heterocycles. The second-order valence-electron chi connectivity index (χ2n) is 4.91. The minimum Gasteiger partial charge on any atom is -0.496 e. The van der Waals surface area contributed by atoms with Crippen LogP contribution in [0.2, 0.25) is 0 Å². The van der Waals surface area contributed by atoms with Crippen LogP contribution in [0.3, 0.4) is 0 Å². The van der Waals surface area contributed by atoms with Gasteiger partial charge in [-0.25, -0.2) is 0 Å². The Balaban J connectivity index is 2.10. The first-order valence-corrected chi connectivity index (χ1v) is 7.68. The van der Waals surface area contributed by atoms with Crippen LogP contribution in [-0.2, 0) is 13.0 Å². The maximum atomic E-state index is 5.94. The monoisotopic (exact) mass is 349 g/mol. The Hall–Kier alpha value is -1.52. The summed E-state index contributed by atoms with van der Waals surface area (Å²) in [6.45, 7) is 3.21. The van der Waals surface area contributed by atoms with Gasteiger partial charge in [0.05, 0.1) is 11.6 Å². The van der Waals surface area contributed by atoms with E-state index in [0.29, 0.717) is 13.2 Å². The number of methoxy groups -OCH3 is 1. The lowest BCUT2D eigenvalue weighted by atomic mass is 10.1. The van der Waals surface area contributed by atoms with E-state index in [0.717, 1.165) is 33.5 Å². The van der Waals surface area contributed by atoms with Gasteiger partial charge in [0.2, 0.25) is 0 Å². The van der Waals surface area contributed by atoms with Gasteiger partial charge in [0.15, 0.2) is 0 Å². The van der Waals surface area contributed by atoms with Gasteiger partial charge in [-0.05, 0) is 65.1 Å². The number of rotatable bonds is 6. The zero-order valence-corrected chi connectivity index (χ0v) is 13.9. The maximum absolute atomic E-state index is 5.94. The van der Waals surface area contributed by atoms with E-state index < -0.39 is 0 Å². The fourth-order valence-corrected chi connectivity index (χ4v) is 2.75. The van der Waals surface area contributed by atoms with Crippen molar-refractivity contribution in [2.45, 2.75) is 20.0 Å². The summed E-state index contributed by atoms with van der Waals surface area (Å²) < 4.78 is 12.1. The zero-order chi connectivity index (χ0) is 15.2. The number of benzene rings is 2. The van der Waals surface area contributed by atoms with Gasteiger partial charge in [-0.3, -0.25) is 0 Å². The van der Waals surface area contributed by atoms with Crippen molar-refractivity contribution in [2.24, 2.45) is 5.73 Å². The second kappa shape index (κ2) is 7.48. The molecule has 21 heavy (non-hydrogen) atoms. The summed E-state index contributed by atoms with van der Waals surface area (Å²) in [5.41, 5.74) is 9.13. The Kier molecular flexibility index (Phi) is 5.65. The van der Waals surface area contributed by atoms with Gasteiger partial charge in [-0.2, -0.15) is 0 Å². The molecule has 0 aliphatic carbocycles. The number of hydrogen-bond donors (Lipinski definition) is 1. The van der Waals surface area contributed by atoms with E-state index in [-0.39, 0.29) is 0 Å². The molecule has 3 nitrogen and oxygen atoms in total. The summed E-state index contributed by atoms with van der Waals surface area (Å²) in [6.07, 6.45) is 0.823. The number of halogens is 1. The van der Waals surface area contributed by atoms with Gasteiger partial charge < -0.3 is 15.2 Å². The van der Waals surface area contributed by atoms with Crippen molar-refractivity contribution in [1.82, 2.24) is 0 Å². The standard InChI is InChI=1S/C17H20BrNO2/c1-12-3-5-16(14(9-12)7-8-19)21-11-13-4-6-17(20-2)15(18)10-13/h3-6,9-10H,7-8,11,19H2,1-2H3. The highest BCUT2D eigenvalue weighted by Crippen LogP contribution is 2.27. The molecule has 2 N–H and O–H groups in total. The van der Waals surface area contributed by atoms with Crippen molar-refractivity contribution >= 4 is 15.9 Å². The second-order valence-corrected chi connectivity index (χ2v) is 5.76.